The molecule has 0 aromatic heterocycles. The lowest BCUT2D eigenvalue weighted by molar-refractivity contribution is 0.174. The Morgan fingerprint density at radius 1 is 1.26 bits per heavy atom. The number of nitrogens with one attached hydrogen (secondary N) is 1. The number of aliphatic hydroxyl groups excluding tert-OH is 1. The maximum absolute atomic E-state index is 12.1. The number of aryl methyl sites for hydroxylation is 2. The summed E-state index contributed by atoms with van der Waals surface area (Å²) in [5.41, 5.74) is 2.41. The predicted molar refractivity (Wildman–Crippen MR) is 74.6 cm³/mol. The summed E-state index contributed by atoms with van der Waals surface area (Å²) in [6, 6.07) is 5.35. The molecule has 2 rings (SSSR count). The number of sulfonamides is 1. The van der Waals surface area contributed by atoms with Crippen molar-refractivity contribution >= 4 is 10.0 Å². The Bertz CT molecular complexity index is 540. The lowest BCUT2D eigenvalue weighted by atomic mass is 9.92. The number of rotatable bonds is 5. The van der Waals surface area contributed by atoms with E-state index in [9.17, 15) is 13.5 Å². The van der Waals surface area contributed by atoms with Crippen molar-refractivity contribution in [2.24, 2.45) is 0 Å². The van der Waals surface area contributed by atoms with Gasteiger partial charge in [-0.2, -0.15) is 0 Å². The molecular weight excluding hydrogens is 262 g/mol. The van der Waals surface area contributed by atoms with Crippen LogP contribution in [0.4, 0.5) is 0 Å². The molecule has 1 aromatic carbocycles. The van der Waals surface area contributed by atoms with Gasteiger partial charge in [-0.3, -0.25) is 0 Å². The van der Waals surface area contributed by atoms with Gasteiger partial charge >= 0.3 is 0 Å². The van der Waals surface area contributed by atoms with Gasteiger partial charge in [-0.15, -0.1) is 0 Å². The normalized spacial score (nSPS) is 16.9. The molecule has 0 bridgehead atoms. The highest BCUT2D eigenvalue weighted by molar-refractivity contribution is 7.89. The van der Waals surface area contributed by atoms with Crippen molar-refractivity contribution < 1.29 is 13.5 Å². The molecule has 1 aliphatic rings. The summed E-state index contributed by atoms with van der Waals surface area (Å²) in [4.78, 5) is 0.302. The quantitative estimate of drug-likeness (QED) is 0.863. The fraction of sp³-hybridized carbons (Fsp3) is 0.571. The zero-order valence-electron chi connectivity index (χ0n) is 11.2. The molecule has 2 N–H and O–H groups in total. The lowest BCUT2D eigenvalue weighted by Gasteiger charge is -2.17. The maximum Gasteiger partial charge on any atom is 0.240 e. The second kappa shape index (κ2) is 6.03. The van der Waals surface area contributed by atoms with Gasteiger partial charge in [-0.25, -0.2) is 13.1 Å². The number of aliphatic hydroxyl groups is 1. The van der Waals surface area contributed by atoms with Crippen LogP contribution in [0.1, 0.15) is 37.3 Å². The molecule has 1 unspecified atom stereocenters. The van der Waals surface area contributed by atoms with Crippen LogP contribution in [-0.4, -0.2) is 26.2 Å². The highest BCUT2D eigenvalue weighted by Gasteiger charge is 2.18. The molecule has 106 valence electrons. The van der Waals surface area contributed by atoms with Crippen LogP contribution < -0.4 is 4.72 Å². The van der Waals surface area contributed by atoms with E-state index in [0.29, 0.717) is 11.3 Å². The molecule has 0 amide bonds. The minimum absolute atomic E-state index is 0.0654. The first kappa shape index (κ1) is 14.5. The van der Waals surface area contributed by atoms with Crippen LogP contribution in [0.3, 0.4) is 0 Å². The monoisotopic (exact) mass is 283 g/mol. The Labute approximate surface area is 114 Å². The zero-order valence-corrected chi connectivity index (χ0v) is 12.0. The summed E-state index contributed by atoms with van der Waals surface area (Å²) in [5, 5.41) is 9.43. The third kappa shape index (κ3) is 3.55. The molecule has 0 spiro atoms. The second-order valence-electron chi connectivity index (χ2n) is 5.05. The Morgan fingerprint density at radius 2 is 1.95 bits per heavy atom. The first-order valence-corrected chi connectivity index (χ1v) is 8.31. The lowest BCUT2D eigenvalue weighted by Crippen LogP contribution is -2.31. The zero-order chi connectivity index (χ0) is 13.9. The first-order valence-electron chi connectivity index (χ1n) is 6.82. The van der Waals surface area contributed by atoms with Gasteiger partial charge in [0.1, 0.15) is 0 Å². The van der Waals surface area contributed by atoms with Crippen molar-refractivity contribution in [1.29, 1.82) is 0 Å². The van der Waals surface area contributed by atoms with Crippen molar-refractivity contribution in [2.45, 2.75) is 50.0 Å². The summed E-state index contributed by atoms with van der Waals surface area (Å²) >= 11 is 0. The summed E-state index contributed by atoms with van der Waals surface area (Å²) in [6.45, 7) is 1.88. The summed E-state index contributed by atoms with van der Waals surface area (Å²) in [7, 11) is -3.51. The Hall–Kier alpha value is -0.910. The van der Waals surface area contributed by atoms with Gasteiger partial charge in [0.2, 0.25) is 10.0 Å². The molecule has 0 aliphatic heterocycles. The molecule has 0 heterocycles. The number of hydrogen-bond acceptors (Lipinski definition) is 3. The maximum atomic E-state index is 12.1. The van der Waals surface area contributed by atoms with Gasteiger partial charge in [0.25, 0.3) is 0 Å². The SMILES string of the molecule is CCC(O)CNS(=O)(=O)c1ccc2c(c1)CCCC2. The number of benzene rings is 1. The summed E-state index contributed by atoms with van der Waals surface area (Å²) in [6.07, 6.45) is 4.20. The molecule has 0 radical (unpaired) electrons. The summed E-state index contributed by atoms with van der Waals surface area (Å²) < 4.78 is 26.7. The van der Waals surface area contributed by atoms with Crippen LogP contribution in [0.2, 0.25) is 0 Å². The van der Waals surface area contributed by atoms with E-state index >= 15 is 0 Å². The van der Waals surface area contributed by atoms with Crippen molar-refractivity contribution in [2.75, 3.05) is 6.54 Å². The van der Waals surface area contributed by atoms with E-state index in [1.54, 1.807) is 12.1 Å². The molecule has 0 saturated carbocycles. The average Bonchev–Trinajstić information content (AvgIpc) is 2.44. The van der Waals surface area contributed by atoms with Gasteiger partial charge < -0.3 is 5.11 Å². The smallest absolute Gasteiger partial charge is 0.240 e. The van der Waals surface area contributed by atoms with E-state index < -0.39 is 16.1 Å². The molecule has 4 nitrogen and oxygen atoms in total. The van der Waals surface area contributed by atoms with E-state index in [1.807, 2.05) is 13.0 Å². The van der Waals surface area contributed by atoms with Crippen LogP contribution >= 0.6 is 0 Å². The van der Waals surface area contributed by atoms with Crippen molar-refractivity contribution in [1.82, 2.24) is 4.72 Å². The molecule has 19 heavy (non-hydrogen) atoms. The van der Waals surface area contributed by atoms with Gasteiger partial charge in [-0.05, 0) is 55.4 Å². The fourth-order valence-electron chi connectivity index (χ4n) is 2.31. The van der Waals surface area contributed by atoms with Crippen LogP contribution in [0, 0.1) is 0 Å². The number of hydrogen-bond donors (Lipinski definition) is 2. The van der Waals surface area contributed by atoms with Crippen molar-refractivity contribution in [3.63, 3.8) is 0 Å². The Morgan fingerprint density at radius 3 is 2.63 bits per heavy atom. The minimum atomic E-state index is -3.51. The first-order chi connectivity index (χ1) is 9.03. The Kier molecular flexibility index (Phi) is 4.60. The van der Waals surface area contributed by atoms with Crippen LogP contribution in [0.25, 0.3) is 0 Å². The average molecular weight is 283 g/mol. The van der Waals surface area contributed by atoms with Crippen LogP contribution in [0.5, 0.6) is 0 Å². The second-order valence-corrected chi connectivity index (χ2v) is 6.82. The van der Waals surface area contributed by atoms with Crippen molar-refractivity contribution in [3.05, 3.63) is 29.3 Å². The van der Waals surface area contributed by atoms with E-state index in [-0.39, 0.29) is 6.54 Å². The minimum Gasteiger partial charge on any atom is -0.392 e. The molecule has 1 aliphatic carbocycles. The molecule has 0 saturated heterocycles. The predicted octanol–water partition coefficient (Wildman–Crippen LogP) is 1.61. The van der Waals surface area contributed by atoms with Gasteiger partial charge in [0, 0.05) is 6.54 Å². The fourth-order valence-corrected chi connectivity index (χ4v) is 3.43. The van der Waals surface area contributed by atoms with Gasteiger partial charge in [-0.1, -0.05) is 13.0 Å². The molecule has 5 heteroatoms. The molecule has 1 atom stereocenters. The highest BCUT2D eigenvalue weighted by atomic mass is 32.2. The standard InChI is InChI=1S/C14H21NO3S/c1-2-13(16)10-15-19(17,18)14-8-7-11-5-3-4-6-12(11)9-14/h7-9,13,15-16H,2-6,10H2,1H3. The largest absolute Gasteiger partial charge is 0.392 e. The van der Waals surface area contributed by atoms with E-state index in [1.165, 1.54) is 12.0 Å². The molecular formula is C14H21NO3S. The molecule has 0 fully saturated rings. The van der Waals surface area contributed by atoms with Crippen LogP contribution in [0.15, 0.2) is 23.1 Å². The highest BCUT2D eigenvalue weighted by Crippen LogP contribution is 2.23. The van der Waals surface area contributed by atoms with E-state index in [4.69, 9.17) is 0 Å². The third-order valence-electron chi connectivity index (χ3n) is 3.61. The topological polar surface area (TPSA) is 66.4 Å². The van der Waals surface area contributed by atoms with Gasteiger partial charge in [0.15, 0.2) is 0 Å². The van der Waals surface area contributed by atoms with E-state index in [2.05, 4.69) is 4.72 Å². The van der Waals surface area contributed by atoms with Gasteiger partial charge in [0.05, 0.1) is 11.0 Å². The number of fused-ring (bicyclic) bond motifs is 1. The summed E-state index contributed by atoms with van der Waals surface area (Å²) in [5.74, 6) is 0. The van der Waals surface area contributed by atoms with E-state index in [0.717, 1.165) is 24.8 Å². The molecule has 1 aromatic rings. The van der Waals surface area contributed by atoms with Crippen LogP contribution in [-0.2, 0) is 22.9 Å². The third-order valence-corrected chi connectivity index (χ3v) is 5.03. The Balaban J connectivity index is 2.16. The van der Waals surface area contributed by atoms with Crippen molar-refractivity contribution in [3.8, 4) is 0 Å².